The molecule has 1 aliphatic heterocycles. The fourth-order valence-corrected chi connectivity index (χ4v) is 8.71. The topological polar surface area (TPSA) is 148 Å². The Hall–Kier alpha value is -3.39. The Morgan fingerprint density at radius 1 is 1.22 bits per heavy atom. The van der Waals surface area contributed by atoms with Gasteiger partial charge in [-0.15, -0.1) is 11.3 Å². The number of carboxylic acid groups (broad SMARTS) is 1. The summed E-state index contributed by atoms with van der Waals surface area (Å²) in [6.07, 6.45) is 0.980. The number of carbonyl (C=O) groups is 2. The fourth-order valence-electron chi connectivity index (χ4n) is 5.29. The SMILES string of the molecule is CC(C)(C)OC(=O)c1sc(-c2cccc(N[C@H]3CCN(S(=O)(=O)Cc4cc(N)ccc4F)C(C)(C)C3)c2)c(Cl)c1OCC(=O)O. The first-order chi connectivity index (χ1) is 20.9. The number of nitrogen functional groups attached to an aromatic ring is 1. The first-order valence-corrected chi connectivity index (χ1v) is 17.0. The summed E-state index contributed by atoms with van der Waals surface area (Å²) in [6.45, 7) is 8.37. The number of halogens is 2. The molecule has 1 aromatic heterocycles. The molecule has 14 heteroatoms. The van der Waals surface area contributed by atoms with Crippen molar-refractivity contribution in [2.75, 3.05) is 24.2 Å². The largest absolute Gasteiger partial charge is 0.479 e. The summed E-state index contributed by atoms with van der Waals surface area (Å²) in [7, 11) is -3.85. The van der Waals surface area contributed by atoms with Crippen molar-refractivity contribution in [1.82, 2.24) is 4.31 Å². The number of nitrogens with zero attached hydrogens (tertiary/aromatic N) is 1. The highest BCUT2D eigenvalue weighted by Crippen LogP contribution is 2.46. The van der Waals surface area contributed by atoms with E-state index in [9.17, 15) is 22.4 Å². The lowest BCUT2D eigenvalue weighted by atomic mass is 9.89. The van der Waals surface area contributed by atoms with Crippen LogP contribution in [0.4, 0.5) is 15.8 Å². The summed E-state index contributed by atoms with van der Waals surface area (Å²) < 4.78 is 53.4. The summed E-state index contributed by atoms with van der Waals surface area (Å²) in [5, 5.41) is 12.7. The van der Waals surface area contributed by atoms with Crippen LogP contribution in [-0.2, 0) is 25.3 Å². The maximum Gasteiger partial charge on any atom is 0.352 e. The minimum Gasteiger partial charge on any atom is -0.479 e. The molecule has 0 amide bonds. The van der Waals surface area contributed by atoms with E-state index in [-0.39, 0.29) is 33.8 Å². The molecule has 0 spiro atoms. The number of carboxylic acids is 1. The number of rotatable bonds is 10. The number of piperidine rings is 1. The zero-order valence-corrected chi connectivity index (χ0v) is 28.0. The summed E-state index contributed by atoms with van der Waals surface area (Å²) in [5.74, 6) is -3.07. The van der Waals surface area contributed by atoms with E-state index in [0.29, 0.717) is 29.0 Å². The van der Waals surface area contributed by atoms with E-state index < -0.39 is 51.3 Å². The van der Waals surface area contributed by atoms with E-state index in [0.717, 1.165) is 17.0 Å². The highest BCUT2D eigenvalue weighted by atomic mass is 35.5. The molecule has 1 saturated heterocycles. The maximum atomic E-state index is 14.3. The third kappa shape index (κ3) is 8.46. The van der Waals surface area contributed by atoms with Gasteiger partial charge in [0.25, 0.3) is 0 Å². The van der Waals surface area contributed by atoms with E-state index in [2.05, 4.69) is 5.32 Å². The van der Waals surface area contributed by atoms with Gasteiger partial charge >= 0.3 is 11.9 Å². The van der Waals surface area contributed by atoms with E-state index in [1.165, 1.54) is 22.5 Å². The Morgan fingerprint density at radius 3 is 2.58 bits per heavy atom. The van der Waals surface area contributed by atoms with Crippen molar-refractivity contribution in [2.24, 2.45) is 0 Å². The van der Waals surface area contributed by atoms with E-state index in [1.807, 2.05) is 32.0 Å². The minimum absolute atomic E-state index is 0.0291. The van der Waals surface area contributed by atoms with Crippen molar-refractivity contribution >= 4 is 56.3 Å². The molecule has 4 N–H and O–H groups in total. The van der Waals surface area contributed by atoms with Gasteiger partial charge in [-0.05, 0) is 83.4 Å². The Balaban J connectivity index is 1.53. The van der Waals surface area contributed by atoms with Gasteiger partial charge < -0.3 is 25.6 Å². The number of esters is 1. The maximum absolute atomic E-state index is 14.3. The van der Waals surface area contributed by atoms with E-state index >= 15 is 0 Å². The molecular formula is C31H37ClFN3O7S2. The van der Waals surface area contributed by atoms with Crippen LogP contribution in [0.3, 0.4) is 0 Å². The number of hydrogen-bond acceptors (Lipinski definition) is 9. The zero-order chi connectivity index (χ0) is 33.3. The minimum atomic E-state index is -3.85. The second-order valence-corrected chi connectivity index (χ2v) is 15.8. The Morgan fingerprint density at radius 2 is 1.93 bits per heavy atom. The Bertz CT molecular complexity index is 1700. The predicted octanol–water partition coefficient (Wildman–Crippen LogP) is 6.39. The third-order valence-corrected chi connectivity index (χ3v) is 10.8. The average Bonchev–Trinajstić information content (AvgIpc) is 3.24. The van der Waals surface area contributed by atoms with Gasteiger partial charge in [0.15, 0.2) is 17.2 Å². The van der Waals surface area contributed by atoms with Gasteiger partial charge in [-0.3, -0.25) is 0 Å². The number of hydrogen-bond donors (Lipinski definition) is 3. The lowest BCUT2D eigenvalue weighted by Gasteiger charge is -2.45. The number of benzene rings is 2. The van der Waals surface area contributed by atoms with Crippen molar-refractivity contribution in [1.29, 1.82) is 0 Å². The van der Waals surface area contributed by atoms with E-state index in [1.54, 1.807) is 26.8 Å². The molecule has 0 aliphatic carbocycles. The first-order valence-electron chi connectivity index (χ1n) is 14.2. The molecule has 3 aromatic rings. The van der Waals surface area contributed by atoms with Crippen molar-refractivity contribution in [3.8, 4) is 16.2 Å². The molecule has 10 nitrogen and oxygen atoms in total. The quantitative estimate of drug-likeness (QED) is 0.163. The Kier molecular flexibility index (Phi) is 10.1. The van der Waals surface area contributed by atoms with Crippen LogP contribution >= 0.6 is 22.9 Å². The highest BCUT2D eigenvalue weighted by molar-refractivity contribution is 7.88. The number of nitrogens with two attached hydrogens (primary N) is 1. The molecular weight excluding hydrogens is 645 g/mol. The van der Waals surface area contributed by atoms with Crippen LogP contribution in [-0.4, -0.2) is 60.1 Å². The number of anilines is 2. The van der Waals surface area contributed by atoms with Gasteiger partial charge in [0.05, 0.1) is 10.6 Å². The van der Waals surface area contributed by atoms with Crippen LogP contribution in [0, 0.1) is 5.82 Å². The smallest absolute Gasteiger partial charge is 0.352 e. The van der Waals surface area contributed by atoms with Crippen LogP contribution in [0.15, 0.2) is 42.5 Å². The summed E-state index contributed by atoms with van der Waals surface area (Å²) >= 11 is 7.69. The highest BCUT2D eigenvalue weighted by Gasteiger charge is 2.42. The van der Waals surface area contributed by atoms with Crippen LogP contribution in [0.25, 0.3) is 10.4 Å². The fraction of sp³-hybridized carbons (Fsp3) is 0.419. The molecule has 0 saturated carbocycles. The molecule has 1 aliphatic rings. The van der Waals surface area contributed by atoms with Crippen molar-refractivity contribution in [3.05, 3.63) is 63.7 Å². The Labute approximate surface area is 271 Å². The molecule has 1 atom stereocenters. The van der Waals surface area contributed by atoms with Crippen LogP contribution in [0.5, 0.6) is 5.75 Å². The summed E-state index contributed by atoms with van der Waals surface area (Å²) in [4.78, 5) is 24.7. The van der Waals surface area contributed by atoms with Gasteiger partial charge in [-0.2, -0.15) is 4.31 Å². The van der Waals surface area contributed by atoms with Crippen molar-refractivity contribution in [3.63, 3.8) is 0 Å². The van der Waals surface area contributed by atoms with Crippen molar-refractivity contribution < 1.29 is 37.0 Å². The van der Waals surface area contributed by atoms with Gasteiger partial charge in [0, 0.05) is 35.1 Å². The number of ether oxygens (including phenoxy) is 2. The average molecular weight is 682 g/mol. The normalized spacial score (nSPS) is 17.1. The van der Waals surface area contributed by atoms with Crippen molar-refractivity contribution in [2.45, 2.75) is 70.4 Å². The lowest BCUT2D eigenvalue weighted by Crippen LogP contribution is -2.55. The molecule has 4 rings (SSSR count). The molecule has 1 fully saturated rings. The van der Waals surface area contributed by atoms with Gasteiger partial charge in [0.2, 0.25) is 10.0 Å². The number of aliphatic carboxylic acids is 1. The van der Waals surface area contributed by atoms with Crippen LogP contribution in [0.2, 0.25) is 5.02 Å². The van der Waals surface area contributed by atoms with E-state index in [4.69, 9.17) is 31.9 Å². The number of sulfonamides is 1. The third-order valence-electron chi connectivity index (χ3n) is 7.07. The zero-order valence-electron chi connectivity index (χ0n) is 25.6. The molecule has 2 heterocycles. The van der Waals surface area contributed by atoms with Gasteiger partial charge in [-0.25, -0.2) is 22.4 Å². The van der Waals surface area contributed by atoms with Crippen LogP contribution in [0.1, 0.15) is 62.7 Å². The molecule has 45 heavy (non-hydrogen) atoms. The number of carbonyl (C=O) groups excluding carboxylic acids is 1. The predicted molar refractivity (Wildman–Crippen MR) is 174 cm³/mol. The number of nitrogens with one attached hydrogen (secondary N) is 1. The molecule has 0 radical (unpaired) electrons. The van der Waals surface area contributed by atoms with Crippen LogP contribution < -0.4 is 15.8 Å². The summed E-state index contributed by atoms with van der Waals surface area (Å²) in [5.41, 5.74) is 5.91. The second kappa shape index (κ2) is 13.1. The molecule has 0 unspecified atom stereocenters. The second-order valence-electron chi connectivity index (χ2n) is 12.5. The standard InChI is InChI=1S/C31H37ClFN3O7S2/c1-30(2,3)43-29(39)28-26(42-16-24(37)38)25(32)27(44-28)18-7-6-8-21(14-18)35-22-11-12-36(31(4,5)15-22)45(40,41)17-19-13-20(34)9-10-23(19)33/h6-10,13-14,22,35H,11-12,15-17,34H2,1-5H3,(H,37,38)/t22-/m0/s1. The monoisotopic (exact) mass is 681 g/mol. The molecule has 0 bridgehead atoms. The van der Waals surface area contributed by atoms with Gasteiger partial charge in [0.1, 0.15) is 16.4 Å². The number of thiophene rings is 1. The lowest BCUT2D eigenvalue weighted by molar-refractivity contribution is -0.139. The molecule has 2 aromatic carbocycles. The summed E-state index contributed by atoms with van der Waals surface area (Å²) in [6, 6.07) is 11.1. The molecule has 244 valence electrons. The first kappa shape index (κ1) is 34.5. The van der Waals surface area contributed by atoms with Gasteiger partial charge in [-0.1, -0.05) is 23.7 Å².